The molecule has 0 rings (SSSR count). The number of rotatable bonds is 6. The lowest BCUT2D eigenvalue weighted by atomic mass is 10.1. The van der Waals surface area contributed by atoms with Gasteiger partial charge in [0.25, 0.3) is 0 Å². The summed E-state index contributed by atoms with van der Waals surface area (Å²) in [5.74, 6) is 0.620. The highest BCUT2D eigenvalue weighted by atomic mass is 32.2. The Morgan fingerprint density at radius 2 is 1.95 bits per heavy atom. The highest BCUT2D eigenvalue weighted by Crippen LogP contribution is 2.02. The fourth-order valence-corrected chi connectivity index (χ4v) is 1.52. The first-order valence-electron chi connectivity index (χ1n) is 6.64. The van der Waals surface area contributed by atoms with Crippen LogP contribution in [0.25, 0.3) is 0 Å². The first kappa shape index (κ1) is 18.1. The minimum atomic E-state index is -0.217. The molecule has 0 aliphatic rings. The molecule has 0 spiro atoms. The van der Waals surface area contributed by atoms with E-state index in [9.17, 15) is 4.79 Å². The summed E-state index contributed by atoms with van der Waals surface area (Å²) in [5, 5.41) is 9.75. The summed E-state index contributed by atoms with van der Waals surface area (Å²) >= 11 is 1.79. The van der Waals surface area contributed by atoms with Gasteiger partial charge < -0.3 is 16.0 Å². The molecule has 0 aromatic rings. The molecule has 0 fully saturated rings. The Labute approximate surface area is 121 Å². The van der Waals surface area contributed by atoms with Crippen molar-refractivity contribution in [3.05, 3.63) is 0 Å². The molecular formula is C13H28N4OS. The Balaban J connectivity index is 4.29. The monoisotopic (exact) mass is 288 g/mol. The maximum absolute atomic E-state index is 11.7. The Hall–Kier alpha value is -0.910. The van der Waals surface area contributed by atoms with E-state index >= 15 is 0 Å². The summed E-state index contributed by atoms with van der Waals surface area (Å²) in [5.41, 5.74) is -0.217. The number of carbonyl (C=O) groups is 1. The minimum absolute atomic E-state index is 0.0670. The molecule has 0 aliphatic heterocycles. The lowest BCUT2D eigenvalue weighted by Gasteiger charge is -2.20. The number of thioether (sulfide) groups is 1. The normalized spacial score (nSPS) is 13.9. The zero-order chi connectivity index (χ0) is 14.9. The number of nitrogens with one attached hydrogen (secondary N) is 3. The van der Waals surface area contributed by atoms with Crippen LogP contribution >= 0.6 is 11.8 Å². The molecule has 1 atom stereocenters. The van der Waals surface area contributed by atoms with E-state index in [1.165, 1.54) is 0 Å². The van der Waals surface area contributed by atoms with Crippen LogP contribution in [0.3, 0.4) is 0 Å². The van der Waals surface area contributed by atoms with E-state index in [4.69, 9.17) is 0 Å². The number of nitrogens with zero attached hydrogens (tertiary/aromatic N) is 1. The summed E-state index contributed by atoms with van der Waals surface area (Å²) in [6.07, 6.45) is 2.08. The number of hydrogen-bond acceptors (Lipinski definition) is 3. The number of hydrogen-bond donors (Lipinski definition) is 3. The van der Waals surface area contributed by atoms with E-state index in [0.29, 0.717) is 11.2 Å². The lowest BCUT2D eigenvalue weighted by Crippen LogP contribution is -2.43. The van der Waals surface area contributed by atoms with E-state index in [-0.39, 0.29) is 18.0 Å². The van der Waals surface area contributed by atoms with Crippen LogP contribution in [0, 0.1) is 0 Å². The largest absolute Gasteiger partial charge is 0.357 e. The van der Waals surface area contributed by atoms with Crippen LogP contribution in [-0.4, -0.2) is 48.5 Å². The van der Waals surface area contributed by atoms with Gasteiger partial charge in [0, 0.05) is 23.9 Å². The van der Waals surface area contributed by atoms with Gasteiger partial charge in [-0.3, -0.25) is 4.79 Å². The van der Waals surface area contributed by atoms with Gasteiger partial charge >= 0.3 is 0 Å². The molecular weight excluding hydrogens is 260 g/mol. The molecule has 6 heteroatoms. The molecule has 0 radical (unpaired) electrons. The zero-order valence-corrected chi connectivity index (χ0v) is 13.8. The van der Waals surface area contributed by atoms with Crippen LogP contribution in [0.15, 0.2) is 4.99 Å². The van der Waals surface area contributed by atoms with E-state index in [2.05, 4.69) is 34.1 Å². The fraction of sp³-hybridized carbons (Fsp3) is 0.846. The van der Waals surface area contributed by atoms with Crippen molar-refractivity contribution in [1.82, 2.24) is 16.0 Å². The van der Waals surface area contributed by atoms with Crippen molar-refractivity contribution in [1.29, 1.82) is 0 Å². The van der Waals surface area contributed by atoms with Gasteiger partial charge in [0.2, 0.25) is 5.91 Å². The van der Waals surface area contributed by atoms with Crippen molar-refractivity contribution in [2.45, 2.75) is 45.4 Å². The van der Waals surface area contributed by atoms with Crippen molar-refractivity contribution in [3.63, 3.8) is 0 Å². The summed E-state index contributed by atoms with van der Waals surface area (Å²) < 4.78 is 0. The van der Waals surface area contributed by atoms with Gasteiger partial charge in [-0.15, -0.1) is 0 Å². The molecule has 0 saturated heterocycles. The molecule has 112 valence electrons. The van der Waals surface area contributed by atoms with E-state index in [1.54, 1.807) is 11.8 Å². The van der Waals surface area contributed by atoms with Crippen LogP contribution in [0.2, 0.25) is 0 Å². The van der Waals surface area contributed by atoms with Crippen LogP contribution in [0.4, 0.5) is 0 Å². The average Bonchev–Trinajstić information content (AvgIpc) is 2.30. The topological polar surface area (TPSA) is 65.5 Å². The Kier molecular flexibility index (Phi) is 8.63. The van der Waals surface area contributed by atoms with Crippen molar-refractivity contribution in [3.8, 4) is 0 Å². The Morgan fingerprint density at radius 1 is 1.32 bits per heavy atom. The molecule has 0 aromatic heterocycles. The van der Waals surface area contributed by atoms with Gasteiger partial charge in [-0.2, -0.15) is 11.8 Å². The number of aliphatic imine (C=N–C) groups is 1. The average molecular weight is 288 g/mol. The van der Waals surface area contributed by atoms with Crippen LogP contribution in [0.1, 0.15) is 34.6 Å². The van der Waals surface area contributed by atoms with Gasteiger partial charge in [-0.1, -0.05) is 6.92 Å². The summed E-state index contributed by atoms with van der Waals surface area (Å²) in [7, 11) is 0. The molecule has 0 heterocycles. The lowest BCUT2D eigenvalue weighted by molar-refractivity contribution is -0.121. The van der Waals surface area contributed by atoms with Crippen LogP contribution in [0.5, 0.6) is 0 Å². The molecule has 19 heavy (non-hydrogen) atoms. The van der Waals surface area contributed by atoms with E-state index in [0.717, 1.165) is 13.1 Å². The van der Waals surface area contributed by atoms with Crippen LogP contribution < -0.4 is 16.0 Å². The van der Waals surface area contributed by atoms with Crippen molar-refractivity contribution in [2.75, 3.05) is 25.9 Å². The highest BCUT2D eigenvalue weighted by molar-refractivity contribution is 7.99. The summed E-state index contributed by atoms with van der Waals surface area (Å²) in [6.45, 7) is 11.8. The predicted molar refractivity (Wildman–Crippen MR) is 84.9 cm³/mol. The van der Waals surface area contributed by atoms with Gasteiger partial charge in [0.15, 0.2) is 5.96 Å². The Morgan fingerprint density at radius 3 is 2.42 bits per heavy atom. The number of amides is 1. The molecule has 3 N–H and O–H groups in total. The molecule has 0 saturated carbocycles. The summed E-state index contributed by atoms with van der Waals surface area (Å²) in [6, 6.07) is 0. The standard InChI is InChI=1S/C13H28N4OS/c1-7-14-12(15-8-10(2)19-6)16-9-11(18)17-13(3,4)5/h10H,7-9H2,1-6H3,(H,17,18)(H2,14,15,16). The predicted octanol–water partition coefficient (Wildman–Crippen LogP) is 1.21. The third-order valence-corrected chi connectivity index (χ3v) is 3.17. The van der Waals surface area contributed by atoms with Crippen molar-refractivity contribution < 1.29 is 4.79 Å². The zero-order valence-electron chi connectivity index (χ0n) is 13.0. The second-order valence-electron chi connectivity index (χ2n) is 5.42. The van der Waals surface area contributed by atoms with E-state index < -0.39 is 0 Å². The summed E-state index contributed by atoms with van der Waals surface area (Å²) in [4.78, 5) is 16.0. The SMILES string of the molecule is CCNC(=NCC(=O)NC(C)(C)C)NCC(C)SC. The number of guanidine groups is 1. The molecule has 0 bridgehead atoms. The quantitative estimate of drug-likeness (QED) is 0.508. The van der Waals surface area contributed by atoms with E-state index in [1.807, 2.05) is 27.7 Å². The molecule has 0 aliphatic carbocycles. The number of carbonyl (C=O) groups excluding carboxylic acids is 1. The Bertz CT molecular complexity index is 300. The third-order valence-electron chi connectivity index (χ3n) is 2.20. The smallest absolute Gasteiger partial charge is 0.242 e. The molecule has 1 amide bonds. The molecule has 5 nitrogen and oxygen atoms in total. The maximum atomic E-state index is 11.7. The second kappa shape index (κ2) is 9.07. The van der Waals surface area contributed by atoms with Gasteiger partial charge in [-0.05, 0) is 34.0 Å². The van der Waals surface area contributed by atoms with Crippen molar-refractivity contribution in [2.24, 2.45) is 4.99 Å². The first-order chi connectivity index (χ1) is 8.78. The third kappa shape index (κ3) is 10.7. The maximum Gasteiger partial charge on any atom is 0.242 e. The minimum Gasteiger partial charge on any atom is -0.357 e. The van der Waals surface area contributed by atoms with Crippen molar-refractivity contribution >= 4 is 23.6 Å². The van der Waals surface area contributed by atoms with Gasteiger partial charge in [-0.25, -0.2) is 4.99 Å². The fourth-order valence-electron chi connectivity index (χ4n) is 1.27. The second-order valence-corrected chi connectivity index (χ2v) is 6.70. The first-order valence-corrected chi connectivity index (χ1v) is 7.93. The molecule has 1 unspecified atom stereocenters. The van der Waals surface area contributed by atoms with Crippen LogP contribution in [-0.2, 0) is 4.79 Å². The van der Waals surface area contributed by atoms with Gasteiger partial charge in [0.05, 0.1) is 0 Å². The van der Waals surface area contributed by atoms with Gasteiger partial charge in [0.1, 0.15) is 6.54 Å². The highest BCUT2D eigenvalue weighted by Gasteiger charge is 2.13. The molecule has 0 aromatic carbocycles.